The minimum atomic E-state index is -4.60. The number of aliphatic hydroxyl groups excluding tert-OH is 1. The molecule has 21 heavy (non-hydrogen) atoms. The Kier molecular flexibility index (Phi) is 4.28. The van der Waals surface area contributed by atoms with Crippen molar-refractivity contribution in [2.24, 2.45) is 0 Å². The summed E-state index contributed by atoms with van der Waals surface area (Å²) in [5.41, 5.74) is -0.555. The third kappa shape index (κ3) is 3.61. The van der Waals surface area contributed by atoms with Crippen LogP contribution < -0.4 is 5.32 Å². The lowest BCUT2D eigenvalue weighted by Crippen LogP contribution is -2.18. The van der Waals surface area contributed by atoms with Gasteiger partial charge in [-0.1, -0.05) is 24.3 Å². The van der Waals surface area contributed by atoms with E-state index in [9.17, 15) is 18.0 Å². The fraction of sp³-hybridized carbons (Fsp3) is 0.133. The van der Waals surface area contributed by atoms with Gasteiger partial charge in [0.25, 0.3) is 5.91 Å². The maximum atomic E-state index is 12.9. The van der Waals surface area contributed by atoms with E-state index in [-0.39, 0.29) is 6.61 Å². The molecule has 0 saturated carbocycles. The fourth-order valence-electron chi connectivity index (χ4n) is 1.87. The molecule has 0 aromatic heterocycles. The van der Waals surface area contributed by atoms with Crippen LogP contribution in [-0.4, -0.2) is 11.0 Å². The SMILES string of the molecule is O=C(Nc1cccc(CO)c1)c1ccccc1C(F)(F)F. The molecule has 0 bridgehead atoms. The number of benzene rings is 2. The third-order valence-electron chi connectivity index (χ3n) is 2.84. The summed E-state index contributed by atoms with van der Waals surface area (Å²) < 4.78 is 38.6. The Morgan fingerprint density at radius 3 is 2.48 bits per heavy atom. The second kappa shape index (κ2) is 5.97. The first-order valence-corrected chi connectivity index (χ1v) is 6.09. The highest BCUT2D eigenvalue weighted by atomic mass is 19.4. The van der Waals surface area contributed by atoms with E-state index in [1.807, 2.05) is 0 Å². The number of alkyl halides is 3. The number of anilines is 1. The lowest BCUT2D eigenvalue weighted by atomic mass is 10.1. The predicted molar refractivity (Wildman–Crippen MR) is 71.8 cm³/mol. The Bertz CT molecular complexity index is 653. The summed E-state index contributed by atoms with van der Waals surface area (Å²) in [7, 11) is 0. The van der Waals surface area contributed by atoms with Crippen LogP contribution in [0.3, 0.4) is 0 Å². The standard InChI is InChI=1S/C15H12F3NO2/c16-15(17,18)13-7-2-1-6-12(13)14(21)19-11-5-3-4-10(8-11)9-20/h1-8,20H,9H2,(H,19,21). The summed E-state index contributed by atoms with van der Waals surface area (Å²) in [5.74, 6) is -0.849. The molecule has 2 aromatic rings. The van der Waals surface area contributed by atoms with E-state index < -0.39 is 23.2 Å². The number of hydrogen-bond donors (Lipinski definition) is 2. The van der Waals surface area contributed by atoms with Crippen molar-refractivity contribution in [2.45, 2.75) is 12.8 Å². The molecule has 0 aliphatic heterocycles. The molecule has 0 heterocycles. The van der Waals surface area contributed by atoms with Gasteiger partial charge in [0.05, 0.1) is 17.7 Å². The predicted octanol–water partition coefficient (Wildman–Crippen LogP) is 3.45. The van der Waals surface area contributed by atoms with Gasteiger partial charge in [0.1, 0.15) is 0 Å². The molecule has 0 aliphatic carbocycles. The second-order valence-corrected chi connectivity index (χ2v) is 4.36. The number of hydrogen-bond acceptors (Lipinski definition) is 2. The van der Waals surface area contributed by atoms with E-state index in [2.05, 4.69) is 5.32 Å². The van der Waals surface area contributed by atoms with Gasteiger partial charge in [0.2, 0.25) is 0 Å². The van der Waals surface area contributed by atoms with E-state index in [0.717, 1.165) is 12.1 Å². The molecule has 0 saturated heterocycles. The third-order valence-corrected chi connectivity index (χ3v) is 2.84. The largest absolute Gasteiger partial charge is 0.417 e. The summed E-state index contributed by atoms with van der Waals surface area (Å²) >= 11 is 0. The summed E-state index contributed by atoms with van der Waals surface area (Å²) in [6.45, 7) is -0.219. The van der Waals surface area contributed by atoms with Crippen LogP contribution in [0.25, 0.3) is 0 Å². The molecule has 0 unspecified atom stereocenters. The van der Waals surface area contributed by atoms with Crippen molar-refractivity contribution in [1.29, 1.82) is 0 Å². The van der Waals surface area contributed by atoms with E-state index >= 15 is 0 Å². The van der Waals surface area contributed by atoms with Crippen molar-refractivity contribution in [3.8, 4) is 0 Å². The Morgan fingerprint density at radius 1 is 1.10 bits per heavy atom. The molecule has 0 radical (unpaired) electrons. The maximum absolute atomic E-state index is 12.9. The van der Waals surface area contributed by atoms with Crippen molar-refractivity contribution in [1.82, 2.24) is 0 Å². The van der Waals surface area contributed by atoms with Crippen LogP contribution in [0.4, 0.5) is 18.9 Å². The first-order chi connectivity index (χ1) is 9.91. The van der Waals surface area contributed by atoms with Crippen LogP contribution in [0.15, 0.2) is 48.5 Å². The van der Waals surface area contributed by atoms with Gasteiger partial charge in [0, 0.05) is 5.69 Å². The average Bonchev–Trinajstić information content (AvgIpc) is 2.46. The summed E-state index contributed by atoms with van der Waals surface area (Å²) in [4.78, 5) is 12.0. The van der Waals surface area contributed by atoms with Crippen LogP contribution in [0, 0.1) is 0 Å². The lowest BCUT2D eigenvalue weighted by molar-refractivity contribution is -0.137. The van der Waals surface area contributed by atoms with Crippen molar-refractivity contribution in [3.63, 3.8) is 0 Å². The second-order valence-electron chi connectivity index (χ2n) is 4.36. The topological polar surface area (TPSA) is 49.3 Å². The first-order valence-electron chi connectivity index (χ1n) is 6.09. The molecule has 6 heteroatoms. The molecule has 110 valence electrons. The quantitative estimate of drug-likeness (QED) is 0.911. The van der Waals surface area contributed by atoms with Gasteiger partial charge in [-0.25, -0.2) is 0 Å². The zero-order chi connectivity index (χ0) is 15.5. The van der Waals surface area contributed by atoms with Crippen molar-refractivity contribution in [3.05, 3.63) is 65.2 Å². The van der Waals surface area contributed by atoms with E-state index in [0.29, 0.717) is 11.3 Å². The Morgan fingerprint density at radius 2 is 1.81 bits per heavy atom. The monoisotopic (exact) mass is 295 g/mol. The Hall–Kier alpha value is -2.34. The number of carbonyl (C=O) groups excluding carboxylic acids is 1. The van der Waals surface area contributed by atoms with Gasteiger partial charge in [0.15, 0.2) is 0 Å². The fourth-order valence-corrected chi connectivity index (χ4v) is 1.87. The molecule has 2 rings (SSSR count). The number of carbonyl (C=O) groups is 1. The van der Waals surface area contributed by atoms with Crippen LogP contribution >= 0.6 is 0 Å². The molecule has 2 aromatic carbocycles. The van der Waals surface area contributed by atoms with Gasteiger partial charge >= 0.3 is 6.18 Å². The summed E-state index contributed by atoms with van der Waals surface area (Å²) in [6, 6.07) is 10.8. The Labute approximate surface area is 119 Å². The highest BCUT2D eigenvalue weighted by Gasteiger charge is 2.34. The van der Waals surface area contributed by atoms with Crippen LogP contribution in [0.2, 0.25) is 0 Å². The molecule has 0 spiro atoms. The van der Waals surface area contributed by atoms with Crippen molar-refractivity contribution in [2.75, 3.05) is 5.32 Å². The lowest BCUT2D eigenvalue weighted by Gasteiger charge is -2.13. The number of amides is 1. The van der Waals surface area contributed by atoms with Gasteiger partial charge in [-0.15, -0.1) is 0 Å². The number of nitrogens with one attached hydrogen (secondary N) is 1. The van der Waals surface area contributed by atoms with Gasteiger partial charge in [-0.05, 0) is 29.8 Å². The molecule has 0 fully saturated rings. The van der Waals surface area contributed by atoms with Gasteiger partial charge < -0.3 is 10.4 Å². The molecule has 2 N–H and O–H groups in total. The highest BCUT2D eigenvalue weighted by molar-refractivity contribution is 6.05. The van der Waals surface area contributed by atoms with Crippen molar-refractivity contribution >= 4 is 11.6 Å². The normalized spacial score (nSPS) is 11.2. The molecule has 0 aliphatic rings. The first kappa shape index (κ1) is 15.1. The number of rotatable bonds is 3. The van der Waals surface area contributed by atoms with E-state index in [4.69, 9.17) is 5.11 Å². The van der Waals surface area contributed by atoms with Gasteiger partial charge in [-0.2, -0.15) is 13.2 Å². The van der Waals surface area contributed by atoms with Gasteiger partial charge in [-0.3, -0.25) is 4.79 Å². The van der Waals surface area contributed by atoms with Crippen LogP contribution in [0.1, 0.15) is 21.5 Å². The number of halogens is 3. The van der Waals surface area contributed by atoms with Crippen molar-refractivity contribution < 1.29 is 23.1 Å². The van der Waals surface area contributed by atoms with Crippen LogP contribution in [0.5, 0.6) is 0 Å². The van der Waals surface area contributed by atoms with E-state index in [1.165, 1.54) is 24.3 Å². The smallest absolute Gasteiger partial charge is 0.392 e. The minimum absolute atomic E-state index is 0.219. The maximum Gasteiger partial charge on any atom is 0.417 e. The summed E-state index contributed by atoms with van der Waals surface area (Å²) in [6.07, 6.45) is -4.60. The molecule has 3 nitrogen and oxygen atoms in total. The highest BCUT2D eigenvalue weighted by Crippen LogP contribution is 2.32. The number of aliphatic hydroxyl groups is 1. The molecular formula is C15H12F3NO2. The summed E-state index contributed by atoms with van der Waals surface area (Å²) in [5, 5.41) is 11.4. The average molecular weight is 295 g/mol. The molecule has 1 amide bonds. The zero-order valence-electron chi connectivity index (χ0n) is 10.8. The Balaban J connectivity index is 2.29. The molecule has 0 atom stereocenters. The molecular weight excluding hydrogens is 283 g/mol. The minimum Gasteiger partial charge on any atom is -0.392 e. The zero-order valence-corrected chi connectivity index (χ0v) is 10.8. The van der Waals surface area contributed by atoms with E-state index in [1.54, 1.807) is 12.1 Å². The van der Waals surface area contributed by atoms with Crippen LogP contribution in [-0.2, 0) is 12.8 Å².